The van der Waals surface area contributed by atoms with Gasteiger partial charge in [-0.25, -0.2) is 0 Å². The second-order valence-corrected chi connectivity index (χ2v) is 4.84. The van der Waals surface area contributed by atoms with Crippen molar-refractivity contribution >= 4 is 0 Å². The molecule has 0 unspecified atom stereocenters. The molecule has 21 heavy (non-hydrogen) atoms. The lowest BCUT2D eigenvalue weighted by Gasteiger charge is -2.14. The van der Waals surface area contributed by atoms with E-state index in [9.17, 15) is 0 Å². The minimum atomic E-state index is 0.818. The Hall–Kier alpha value is -2.16. The zero-order valence-corrected chi connectivity index (χ0v) is 13.1. The predicted molar refractivity (Wildman–Crippen MR) is 85.5 cm³/mol. The summed E-state index contributed by atoms with van der Waals surface area (Å²) in [7, 11) is 5.06. The Morgan fingerprint density at radius 3 is 2.14 bits per heavy atom. The SMILES string of the molecule is CCCc1cc(-c2cc(OC)ccc2OC)ccc1OC. The molecule has 0 saturated carbocycles. The van der Waals surface area contributed by atoms with Crippen LogP contribution in [0, 0.1) is 0 Å². The summed E-state index contributed by atoms with van der Waals surface area (Å²) in [6, 6.07) is 12.1. The first-order chi connectivity index (χ1) is 10.2. The van der Waals surface area contributed by atoms with Crippen molar-refractivity contribution in [1.29, 1.82) is 0 Å². The van der Waals surface area contributed by atoms with Crippen molar-refractivity contribution in [1.82, 2.24) is 0 Å². The molecule has 2 aromatic rings. The highest BCUT2D eigenvalue weighted by molar-refractivity contribution is 5.73. The Kier molecular flexibility index (Phi) is 5.09. The van der Waals surface area contributed by atoms with Gasteiger partial charge in [0.1, 0.15) is 17.2 Å². The minimum Gasteiger partial charge on any atom is -0.497 e. The molecule has 0 saturated heterocycles. The average Bonchev–Trinajstić information content (AvgIpc) is 2.54. The second-order valence-electron chi connectivity index (χ2n) is 4.84. The maximum atomic E-state index is 5.47. The Balaban J connectivity index is 2.52. The van der Waals surface area contributed by atoms with E-state index in [1.807, 2.05) is 24.3 Å². The third-order valence-electron chi connectivity index (χ3n) is 3.52. The van der Waals surface area contributed by atoms with Gasteiger partial charge >= 0.3 is 0 Å². The number of aryl methyl sites for hydroxylation is 1. The zero-order chi connectivity index (χ0) is 15.2. The van der Waals surface area contributed by atoms with E-state index in [1.54, 1.807) is 21.3 Å². The van der Waals surface area contributed by atoms with Gasteiger partial charge in [-0.1, -0.05) is 19.4 Å². The molecule has 2 rings (SSSR count). The third-order valence-corrected chi connectivity index (χ3v) is 3.52. The summed E-state index contributed by atoms with van der Waals surface area (Å²) >= 11 is 0. The van der Waals surface area contributed by atoms with Crippen LogP contribution in [0.1, 0.15) is 18.9 Å². The van der Waals surface area contributed by atoms with Crippen molar-refractivity contribution in [2.45, 2.75) is 19.8 Å². The molecular formula is C18H22O3. The summed E-state index contributed by atoms with van der Waals surface area (Å²) in [6.45, 7) is 2.16. The Bertz CT molecular complexity index is 605. The van der Waals surface area contributed by atoms with Gasteiger partial charge in [-0.05, 0) is 47.9 Å². The lowest BCUT2D eigenvalue weighted by Crippen LogP contribution is -1.94. The topological polar surface area (TPSA) is 27.7 Å². The van der Waals surface area contributed by atoms with Crippen LogP contribution in [0.4, 0.5) is 0 Å². The van der Waals surface area contributed by atoms with Crippen LogP contribution in [0.2, 0.25) is 0 Å². The fourth-order valence-corrected chi connectivity index (χ4v) is 2.45. The van der Waals surface area contributed by atoms with Gasteiger partial charge in [0.05, 0.1) is 21.3 Å². The number of hydrogen-bond donors (Lipinski definition) is 0. The number of methoxy groups -OCH3 is 3. The minimum absolute atomic E-state index is 0.818. The van der Waals surface area contributed by atoms with E-state index in [0.29, 0.717) is 0 Å². The van der Waals surface area contributed by atoms with Crippen LogP contribution >= 0.6 is 0 Å². The Morgan fingerprint density at radius 1 is 0.810 bits per heavy atom. The zero-order valence-electron chi connectivity index (χ0n) is 13.1. The highest BCUT2D eigenvalue weighted by atomic mass is 16.5. The summed E-state index contributed by atoms with van der Waals surface area (Å²) < 4.78 is 16.2. The number of rotatable bonds is 6. The van der Waals surface area contributed by atoms with Crippen molar-refractivity contribution in [2.24, 2.45) is 0 Å². The standard InChI is InChI=1S/C18H22O3/c1-5-6-14-11-13(7-9-17(14)20-3)16-12-15(19-2)8-10-18(16)21-4/h7-12H,5-6H2,1-4H3. The molecule has 0 aliphatic rings. The molecule has 0 heterocycles. The van der Waals surface area contributed by atoms with Crippen LogP contribution in [0.5, 0.6) is 17.2 Å². The molecule has 0 spiro atoms. The number of benzene rings is 2. The molecule has 0 atom stereocenters. The van der Waals surface area contributed by atoms with Gasteiger partial charge in [0.25, 0.3) is 0 Å². The predicted octanol–water partition coefficient (Wildman–Crippen LogP) is 4.33. The van der Waals surface area contributed by atoms with Gasteiger partial charge in [-0.2, -0.15) is 0 Å². The van der Waals surface area contributed by atoms with Gasteiger partial charge in [-0.15, -0.1) is 0 Å². The van der Waals surface area contributed by atoms with E-state index in [4.69, 9.17) is 14.2 Å². The van der Waals surface area contributed by atoms with Crippen molar-refractivity contribution in [2.75, 3.05) is 21.3 Å². The molecule has 0 amide bonds. The average molecular weight is 286 g/mol. The lowest BCUT2D eigenvalue weighted by molar-refractivity contribution is 0.404. The summed E-state index contributed by atoms with van der Waals surface area (Å²) in [5.41, 5.74) is 3.34. The molecule has 0 fully saturated rings. The second kappa shape index (κ2) is 7.02. The van der Waals surface area contributed by atoms with Crippen molar-refractivity contribution in [3.8, 4) is 28.4 Å². The molecule has 3 heteroatoms. The van der Waals surface area contributed by atoms with Gasteiger partial charge in [0, 0.05) is 5.56 Å². The summed E-state index contributed by atoms with van der Waals surface area (Å²) in [5, 5.41) is 0. The molecule has 0 aliphatic carbocycles. The van der Waals surface area contributed by atoms with Gasteiger partial charge in [0.2, 0.25) is 0 Å². The van der Waals surface area contributed by atoms with E-state index in [-0.39, 0.29) is 0 Å². The van der Waals surface area contributed by atoms with Crippen molar-refractivity contribution < 1.29 is 14.2 Å². The van der Waals surface area contributed by atoms with Crippen LogP contribution in [-0.2, 0) is 6.42 Å². The van der Waals surface area contributed by atoms with Crippen LogP contribution in [0.3, 0.4) is 0 Å². The third kappa shape index (κ3) is 3.30. The van der Waals surface area contributed by atoms with E-state index in [2.05, 4.69) is 19.1 Å². The van der Waals surface area contributed by atoms with Crippen LogP contribution in [0.15, 0.2) is 36.4 Å². The van der Waals surface area contributed by atoms with Gasteiger partial charge in [0.15, 0.2) is 0 Å². The van der Waals surface area contributed by atoms with Gasteiger partial charge in [-0.3, -0.25) is 0 Å². The molecule has 112 valence electrons. The number of ether oxygens (including phenoxy) is 3. The van der Waals surface area contributed by atoms with Crippen molar-refractivity contribution in [3.05, 3.63) is 42.0 Å². The van der Waals surface area contributed by atoms with E-state index in [0.717, 1.165) is 41.2 Å². The molecule has 0 radical (unpaired) electrons. The van der Waals surface area contributed by atoms with Gasteiger partial charge < -0.3 is 14.2 Å². The first-order valence-electron chi connectivity index (χ1n) is 7.12. The highest BCUT2D eigenvalue weighted by Crippen LogP contribution is 2.35. The van der Waals surface area contributed by atoms with E-state index < -0.39 is 0 Å². The summed E-state index contributed by atoms with van der Waals surface area (Å²) in [6.07, 6.45) is 2.07. The van der Waals surface area contributed by atoms with Crippen molar-refractivity contribution in [3.63, 3.8) is 0 Å². The molecule has 0 N–H and O–H groups in total. The molecule has 0 aliphatic heterocycles. The highest BCUT2D eigenvalue weighted by Gasteiger charge is 2.10. The van der Waals surface area contributed by atoms with E-state index in [1.165, 1.54) is 5.56 Å². The molecule has 3 nitrogen and oxygen atoms in total. The fraction of sp³-hybridized carbons (Fsp3) is 0.333. The molecular weight excluding hydrogens is 264 g/mol. The summed E-state index contributed by atoms with van der Waals surface area (Å²) in [4.78, 5) is 0. The van der Waals surface area contributed by atoms with E-state index >= 15 is 0 Å². The summed E-state index contributed by atoms with van der Waals surface area (Å²) in [5.74, 6) is 2.59. The Labute approximate surface area is 126 Å². The largest absolute Gasteiger partial charge is 0.497 e. The molecule has 0 bridgehead atoms. The first-order valence-corrected chi connectivity index (χ1v) is 7.12. The molecule has 2 aromatic carbocycles. The monoisotopic (exact) mass is 286 g/mol. The van der Waals surface area contributed by atoms with Crippen LogP contribution in [-0.4, -0.2) is 21.3 Å². The maximum absolute atomic E-state index is 5.47. The Morgan fingerprint density at radius 2 is 1.52 bits per heavy atom. The van der Waals surface area contributed by atoms with Crippen LogP contribution in [0.25, 0.3) is 11.1 Å². The lowest BCUT2D eigenvalue weighted by atomic mass is 9.99. The maximum Gasteiger partial charge on any atom is 0.126 e. The fourth-order valence-electron chi connectivity index (χ4n) is 2.45. The quantitative estimate of drug-likeness (QED) is 0.791. The smallest absolute Gasteiger partial charge is 0.126 e. The van der Waals surface area contributed by atoms with Crippen LogP contribution < -0.4 is 14.2 Å². The first kappa shape index (κ1) is 15.2. The molecule has 0 aromatic heterocycles. The number of hydrogen-bond acceptors (Lipinski definition) is 3. The normalized spacial score (nSPS) is 10.3.